The van der Waals surface area contributed by atoms with Crippen LogP contribution in [0, 0.1) is 13.8 Å². The molecule has 18 heavy (non-hydrogen) atoms. The molecule has 1 aromatic carbocycles. The Morgan fingerprint density at radius 1 is 1.39 bits per heavy atom. The zero-order valence-electron chi connectivity index (χ0n) is 11.5. The highest BCUT2D eigenvalue weighted by Gasteiger charge is 2.09. The standard InChI is InChI=1S/C14H22N2OS/c1-10-5-6-13(11(2)9-10)12(3)16-14(18)15-7-8-17-4/h5-6,9,12H,7-8H2,1-4H3,(H2,15,16,18). The zero-order valence-corrected chi connectivity index (χ0v) is 12.4. The Morgan fingerprint density at radius 2 is 2.11 bits per heavy atom. The fourth-order valence-corrected chi connectivity index (χ4v) is 2.18. The Hall–Kier alpha value is -1.13. The largest absolute Gasteiger partial charge is 0.383 e. The van der Waals surface area contributed by atoms with E-state index in [2.05, 4.69) is 49.6 Å². The molecule has 0 spiro atoms. The smallest absolute Gasteiger partial charge is 0.166 e. The van der Waals surface area contributed by atoms with Crippen LogP contribution in [0.4, 0.5) is 0 Å². The summed E-state index contributed by atoms with van der Waals surface area (Å²) < 4.78 is 4.96. The highest BCUT2D eigenvalue weighted by Crippen LogP contribution is 2.18. The van der Waals surface area contributed by atoms with E-state index in [0.717, 1.165) is 6.54 Å². The maximum Gasteiger partial charge on any atom is 0.166 e. The SMILES string of the molecule is COCCNC(=S)NC(C)c1ccc(C)cc1C. The van der Waals surface area contributed by atoms with E-state index in [1.165, 1.54) is 16.7 Å². The number of ether oxygens (including phenoxy) is 1. The highest BCUT2D eigenvalue weighted by atomic mass is 32.1. The van der Waals surface area contributed by atoms with Crippen molar-refractivity contribution in [3.63, 3.8) is 0 Å². The Kier molecular flexibility index (Phi) is 6.09. The normalized spacial score (nSPS) is 12.0. The lowest BCUT2D eigenvalue weighted by atomic mass is 10.0. The summed E-state index contributed by atoms with van der Waals surface area (Å²) in [5.41, 5.74) is 3.84. The molecule has 0 aliphatic carbocycles. The lowest BCUT2D eigenvalue weighted by molar-refractivity contribution is 0.204. The van der Waals surface area contributed by atoms with E-state index < -0.39 is 0 Å². The summed E-state index contributed by atoms with van der Waals surface area (Å²) in [7, 11) is 1.68. The summed E-state index contributed by atoms with van der Waals surface area (Å²) in [6, 6.07) is 6.67. The van der Waals surface area contributed by atoms with Crippen molar-refractivity contribution in [1.29, 1.82) is 0 Å². The maximum atomic E-state index is 5.23. The van der Waals surface area contributed by atoms with Crippen molar-refractivity contribution in [3.8, 4) is 0 Å². The van der Waals surface area contributed by atoms with Gasteiger partial charge in [-0.15, -0.1) is 0 Å². The summed E-state index contributed by atoms with van der Waals surface area (Å²) in [5, 5.41) is 7.06. The van der Waals surface area contributed by atoms with E-state index in [-0.39, 0.29) is 6.04 Å². The van der Waals surface area contributed by atoms with Crippen molar-refractivity contribution in [2.24, 2.45) is 0 Å². The fourth-order valence-electron chi connectivity index (χ4n) is 1.90. The van der Waals surface area contributed by atoms with Crippen LogP contribution in [0.2, 0.25) is 0 Å². The molecule has 0 heterocycles. The van der Waals surface area contributed by atoms with Gasteiger partial charge in [0.1, 0.15) is 0 Å². The molecule has 0 saturated heterocycles. The number of benzene rings is 1. The van der Waals surface area contributed by atoms with Crippen LogP contribution in [0.3, 0.4) is 0 Å². The van der Waals surface area contributed by atoms with Crippen LogP contribution in [0.1, 0.15) is 29.7 Å². The number of aryl methyl sites for hydroxylation is 2. The fraction of sp³-hybridized carbons (Fsp3) is 0.500. The van der Waals surface area contributed by atoms with Crippen LogP contribution < -0.4 is 10.6 Å². The molecule has 0 amide bonds. The van der Waals surface area contributed by atoms with Gasteiger partial charge >= 0.3 is 0 Å². The van der Waals surface area contributed by atoms with Gasteiger partial charge in [-0.25, -0.2) is 0 Å². The highest BCUT2D eigenvalue weighted by molar-refractivity contribution is 7.80. The van der Waals surface area contributed by atoms with E-state index in [4.69, 9.17) is 17.0 Å². The van der Waals surface area contributed by atoms with Gasteiger partial charge in [-0.05, 0) is 44.1 Å². The molecule has 0 aromatic heterocycles. The first-order valence-electron chi connectivity index (χ1n) is 6.15. The van der Waals surface area contributed by atoms with Crippen molar-refractivity contribution >= 4 is 17.3 Å². The van der Waals surface area contributed by atoms with Gasteiger partial charge in [-0.3, -0.25) is 0 Å². The summed E-state index contributed by atoms with van der Waals surface area (Å²) >= 11 is 5.23. The average Bonchev–Trinajstić information content (AvgIpc) is 2.28. The molecule has 0 fully saturated rings. The molecule has 3 nitrogen and oxygen atoms in total. The Morgan fingerprint density at radius 3 is 2.72 bits per heavy atom. The molecule has 0 aliphatic heterocycles. The minimum Gasteiger partial charge on any atom is -0.383 e. The molecular formula is C14H22N2OS. The predicted octanol–water partition coefficient (Wildman–Crippen LogP) is 2.47. The summed E-state index contributed by atoms with van der Waals surface area (Å²) in [6.45, 7) is 7.72. The topological polar surface area (TPSA) is 33.3 Å². The second-order valence-electron chi connectivity index (χ2n) is 4.47. The number of hydrogen-bond acceptors (Lipinski definition) is 2. The monoisotopic (exact) mass is 266 g/mol. The Labute approximate surface area is 115 Å². The predicted molar refractivity (Wildman–Crippen MR) is 79.9 cm³/mol. The molecule has 0 radical (unpaired) electrons. The van der Waals surface area contributed by atoms with Gasteiger partial charge < -0.3 is 15.4 Å². The van der Waals surface area contributed by atoms with Crippen molar-refractivity contribution in [2.75, 3.05) is 20.3 Å². The van der Waals surface area contributed by atoms with E-state index in [1.54, 1.807) is 7.11 Å². The molecule has 100 valence electrons. The van der Waals surface area contributed by atoms with Gasteiger partial charge in [0.05, 0.1) is 12.6 Å². The van der Waals surface area contributed by atoms with Crippen LogP contribution >= 0.6 is 12.2 Å². The van der Waals surface area contributed by atoms with Gasteiger partial charge in [0.25, 0.3) is 0 Å². The number of thiocarbonyl (C=S) groups is 1. The van der Waals surface area contributed by atoms with Gasteiger partial charge in [-0.1, -0.05) is 23.8 Å². The third-order valence-corrected chi connectivity index (χ3v) is 3.09. The first-order chi connectivity index (χ1) is 8.54. The molecule has 0 aliphatic rings. The third kappa shape index (κ3) is 4.63. The number of methoxy groups -OCH3 is 1. The number of hydrogen-bond donors (Lipinski definition) is 2. The molecule has 1 unspecified atom stereocenters. The molecule has 2 N–H and O–H groups in total. The molecule has 1 atom stereocenters. The minimum atomic E-state index is 0.202. The van der Waals surface area contributed by atoms with Crippen molar-refractivity contribution < 1.29 is 4.74 Å². The van der Waals surface area contributed by atoms with Crippen LogP contribution in [-0.2, 0) is 4.74 Å². The first kappa shape index (κ1) is 14.9. The lowest BCUT2D eigenvalue weighted by Gasteiger charge is -2.19. The molecule has 4 heteroatoms. The lowest BCUT2D eigenvalue weighted by Crippen LogP contribution is -2.38. The number of rotatable bonds is 5. The minimum absolute atomic E-state index is 0.202. The van der Waals surface area contributed by atoms with Crippen LogP contribution in [0.5, 0.6) is 0 Å². The zero-order chi connectivity index (χ0) is 13.5. The molecule has 1 rings (SSSR count). The average molecular weight is 266 g/mol. The third-order valence-electron chi connectivity index (χ3n) is 2.83. The van der Waals surface area contributed by atoms with Crippen LogP contribution in [0.15, 0.2) is 18.2 Å². The Balaban J connectivity index is 2.54. The summed E-state index contributed by atoms with van der Waals surface area (Å²) in [6.07, 6.45) is 0. The second kappa shape index (κ2) is 7.34. The molecule has 0 bridgehead atoms. The van der Waals surface area contributed by atoms with Crippen molar-refractivity contribution in [1.82, 2.24) is 10.6 Å². The molecular weight excluding hydrogens is 244 g/mol. The van der Waals surface area contributed by atoms with E-state index >= 15 is 0 Å². The second-order valence-corrected chi connectivity index (χ2v) is 4.88. The molecule has 1 aromatic rings. The van der Waals surface area contributed by atoms with E-state index in [0.29, 0.717) is 11.7 Å². The van der Waals surface area contributed by atoms with E-state index in [9.17, 15) is 0 Å². The summed E-state index contributed by atoms with van der Waals surface area (Å²) in [5.74, 6) is 0. The van der Waals surface area contributed by atoms with Gasteiger partial charge in [0.15, 0.2) is 5.11 Å². The molecule has 0 saturated carbocycles. The van der Waals surface area contributed by atoms with Crippen LogP contribution in [-0.4, -0.2) is 25.4 Å². The quantitative estimate of drug-likeness (QED) is 0.633. The van der Waals surface area contributed by atoms with Gasteiger partial charge in [0, 0.05) is 13.7 Å². The summed E-state index contributed by atoms with van der Waals surface area (Å²) in [4.78, 5) is 0. The van der Waals surface area contributed by atoms with Crippen LogP contribution in [0.25, 0.3) is 0 Å². The van der Waals surface area contributed by atoms with Gasteiger partial charge in [-0.2, -0.15) is 0 Å². The number of nitrogens with one attached hydrogen (secondary N) is 2. The van der Waals surface area contributed by atoms with Crippen molar-refractivity contribution in [2.45, 2.75) is 26.8 Å². The van der Waals surface area contributed by atoms with Crippen molar-refractivity contribution in [3.05, 3.63) is 34.9 Å². The maximum absolute atomic E-state index is 5.23. The Bertz CT molecular complexity index is 407. The first-order valence-corrected chi connectivity index (χ1v) is 6.56. The van der Waals surface area contributed by atoms with Gasteiger partial charge in [0.2, 0.25) is 0 Å². The van der Waals surface area contributed by atoms with E-state index in [1.807, 2.05) is 0 Å².